The Bertz CT molecular complexity index is 410. The Hall–Kier alpha value is -1.69. The van der Waals surface area contributed by atoms with Gasteiger partial charge in [-0.2, -0.15) is 4.39 Å². The number of benzene rings is 1. The molecule has 0 saturated carbocycles. The van der Waals surface area contributed by atoms with Crippen molar-refractivity contribution in [3.05, 3.63) is 34.1 Å². The molecule has 0 aliphatic heterocycles. The smallest absolute Gasteiger partial charge is 0.327 e. The molecule has 94 valence electrons. The van der Waals surface area contributed by atoms with Crippen LogP contribution in [-0.4, -0.2) is 29.7 Å². The number of anilines is 1. The highest BCUT2D eigenvalue weighted by atomic mass is 19.1. The van der Waals surface area contributed by atoms with Crippen LogP contribution in [0.1, 0.15) is 13.3 Å². The predicted octanol–water partition coefficient (Wildman–Crippen LogP) is 1.94. The largest absolute Gasteiger partial charge is 0.393 e. The van der Waals surface area contributed by atoms with Gasteiger partial charge >= 0.3 is 5.69 Å². The van der Waals surface area contributed by atoms with Crippen LogP contribution < -0.4 is 4.90 Å². The number of hydrogen-bond acceptors (Lipinski definition) is 4. The molecule has 1 N–H and O–H groups in total. The van der Waals surface area contributed by atoms with E-state index in [0.717, 1.165) is 6.07 Å². The van der Waals surface area contributed by atoms with Crippen LogP contribution in [0.3, 0.4) is 0 Å². The molecule has 1 aromatic carbocycles. The third-order valence-electron chi connectivity index (χ3n) is 2.44. The standard InChI is InChI=1S/C11H15FN2O3/c1-8(15)6-7-13(2)10-5-3-4-9(12)11(10)14(16)17/h3-5,8,15H,6-7H2,1-2H3. The third kappa shape index (κ3) is 3.39. The topological polar surface area (TPSA) is 66.6 Å². The van der Waals surface area contributed by atoms with Crippen molar-refractivity contribution in [1.29, 1.82) is 0 Å². The SMILES string of the molecule is CC(O)CCN(C)c1cccc(F)c1[N+](=O)[O-]. The molecule has 0 aliphatic rings. The van der Waals surface area contributed by atoms with Crippen LogP contribution in [0.25, 0.3) is 0 Å². The van der Waals surface area contributed by atoms with Gasteiger partial charge in [-0.1, -0.05) is 6.07 Å². The number of nitrogens with zero attached hydrogens (tertiary/aromatic N) is 2. The third-order valence-corrected chi connectivity index (χ3v) is 2.44. The van der Waals surface area contributed by atoms with E-state index < -0.39 is 22.5 Å². The maximum absolute atomic E-state index is 13.3. The maximum atomic E-state index is 13.3. The van der Waals surface area contributed by atoms with Crippen molar-refractivity contribution >= 4 is 11.4 Å². The quantitative estimate of drug-likeness (QED) is 0.633. The summed E-state index contributed by atoms with van der Waals surface area (Å²) in [6.45, 7) is 2.05. The van der Waals surface area contributed by atoms with Gasteiger partial charge in [0.15, 0.2) is 0 Å². The summed E-state index contributed by atoms with van der Waals surface area (Å²) in [5.74, 6) is -0.851. The van der Waals surface area contributed by atoms with Crippen LogP contribution in [-0.2, 0) is 0 Å². The predicted molar refractivity (Wildman–Crippen MR) is 62.6 cm³/mol. The number of aliphatic hydroxyl groups is 1. The van der Waals surface area contributed by atoms with E-state index in [9.17, 15) is 14.5 Å². The summed E-state index contributed by atoms with van der Waals surface area (Å²) in [5.41, 5.74) is -0.309. The molecule has 1 atom stereocenters. The van der Waals surface area contributed by atoms with Gasteiger partial charge in [0, 0.05) is 13.6 Å². The van der Waals surface area contributed by atoms with Crippen LogP contribution in [0, 0.1) is 15.9 Å². The fourth-order valence-electron chi connectivity index (χ4n) is 1.49. The molecule has 5 nitrogen and oxygen atoms in total. The Kier molecular flexibility index (Phi) is 4.39. The van der Waals surface area contributed by atoms with Crippen LogP contribution in [0.2, 0.25) is 0 Å². The summed E-state index contributed by atoms with van der Waals surface area (Å²) < 4.78 is 13.3. The molecule has 1 unspecified atom stereocenters. The summed E-state index contributed by atoms with van der Waals surface area (Å²) >= 11 is 0. The molecule has 0 radical (unpaired) electrons. The lowest BCUT2D eigenvalue weighted by molar-refractivity contribution is -0.386. The van der Waals surface area contributed by atoms with Crippen molar-refractivity contribution in [3.63, 3.8) is 0 Å². The minimum atomic E-state index is -0.851. The Labute approximate surface area is 98.6 Å². The Balaban J connectivity index is 2.96. The lowest BCUT2D eigenvalue weighted by Crippen LogP contribution is -2.22. The van der Waals surface area contributed by atoms with Gasteiger partial charge in [0.2, 0.25) is 5.82 Å². The molecule has 0 aliphatic carbocycles. The van der Waals surface area contributed by atoms with Gasteiger partial charge in [0.05, 0.1) is 11.0 Å². The average molecular weight is 242 g/mol. The van der Waals surface area contributed by atoms with Crippen LogP contribution in [0.5, 0.6) is 0 Å². The molecule has 0 spiro atoms. The molecular weight excluding hydrogens is 227 g/mol. The van der Waals surface area contributed by atoms with Crippen molar-refractivity contribution in [2.45, 2.75) is 19.4 Å². The van der Waals surface area contributed by atoms with Crippen molar-refractivity contribution in [3.8, 4) is 0 Å². The minimum Gasteiger partial charge on any atom is -0.393 e. The van der Waals surface area contributed by atoms with E-state index in [2.05, 4.69) is 0 Å². The molecule has 0 saturated heterocycles. The van der Waals surface area contributed by atoms with E-state index in [4.69, 9.17) is 5.11 Å². The van der Waals surface area contributed by atoms with Gasteiger partial charge in [-0.3, -0.25) is 10.1 Å². The maximum Gasteiger partial charge on any atom is 0.327 e. The molecular formula is C11H15FN2O3. The molecule has 0 bridgehead atoms. The first-order valence-corrected chi connectivity index (χ1v) is 5.25. The molecule has 0 aromatic heterocycles. The molecule has 6 heteroatoms. The highest BCUT2D eigenvalue weighted by Crippen LogP contribution is 2.29. The molecule has 1 rings (SSSR count). The summed E-state index contributed by atoms with van der Waals surface area (Å²) in [4.78, 5) is 11.6. The Morgan fingerprint density at radius 1 is 1.59 bits per heavy atom. The number of halogens is 1. The average Bonchev–Trinajstić information content (AvgIpc) is 2.24. The van der Waals surface area contributed by atoms with Gasteiger partial charge in [-0.15, -0.1) is 0 Å². The molecule has 0 heterocycles. The fourth-order valence-corrected chi connectivity index (χ4v) is 1.49. The normalized spacial score (nSPS) is 12.2. The number of nitro benzene ring substituents is 1. The highest BCUT2D eigenvalue weighted by molar-refractivity contribution is 5.63. The van der Waals surface area contributed by atoms with Gasteiger partial charge in [0.1, 0.15) is 5.69 Å². The molecule has 1 aromatic rings. The first-order valence-electron chi connectivity index (χ1n) is 5.25. The van der Waals surface area contributed by atoms with Crippen molar-refractivity contribution in [1.82, 2.24) is 0 Å². The van der Waals surface area contributed by atoms with Gasteiger partial charge in [-0.25, -0.2) is 0 Å². The number of nitro groups is 1. The monoisotopic (exact) mass is 242 g/mol. The van der Waals surface area contributed by atoms with E-state index in [1.807, 2.05) is 0 Å². The summed E-state index contributed by atoms with van der Waals surface area (Å²) in [5, 5.41) is 19.9. The first-order chi connectivity index (χ1) is 7.93. The second kappa shape index (κ2) is 5.58. The van der Waals surface area contributed by atoms with Gasteiger partial charge in [-0.05, 0) is 25.5 Å². The lowest BCUT2D eigenvalue weighted by Gasteiger charge is -2.19. The Morgan fingerprint density at radius 3 is 2.76 bits per heavy atom. The van der Waals surface area contributed by atoms with Crippen molar-refractivity contribution < 1.29 is 14.4 Å². The van der Waals surface area contributed by atoms with E-state index in [1.165, 1.54) is 12.1 Å². The summed E-state index contributed by atoms with van der Waals surface area (Å²) in [7, 11) is 1.63. The first kappa shape index (κ1) is 13.4. The summed E-state index contributed by atoms with van der Waals surface area (Å²) in [6.07, 6.45) is -0.0328. The number of para-hydroxylation sites is 1. The fraction of sp³-hybridized carbons (Fsp3) is 0.455. The number of hydrogen-bond donors (Lipinski definition) is 1. The second-order valence-electron chi connectivity index (χ2n) is 3.92. The Morgan fingerprint density at radius 2 is 2.24 bits per heavy atom. The lowest BCUT2D eigenvalue weighted by atomic mass is 10.2. The molecule has 17 heavy (non-hydrogen) atoms. The van der Waals surface area contributed by atoms with E-state index in [1.54, 1.807) is 18.9 Å². The van der Waals surface area contributed by atoms with Crippen LogP contribution in [0.15, 0.2) is 18.2 Å². The highest BCUT2D eigenvalue weighted by Gasteiger charge is 2.22. The van der Waals surface area contributed by atoms with Crippen molar-refractivity contribution in [2.75, 3.05) is 18.5 Å². The van der Waals surface area contributed by atoms with Crippen molar-refractivity contribution in [2.24, 2.45) is 0 Å². The number of rotatable bonds is 5. The van der Waals surface area contributed by atoms with Crippen LogP contribution in [0.4, 0.5) is 15.8 Å². The van der Waals surface area contributed by atoms with E-state index in [0.29, 0.717) is 13.0 Å². The molecule has 0 fully saturated rings. The zero-order valence-electron chi connectivity index (χ0n) is 9.76. The zero-order chi connectivity index (χ0) is 13.0. The van der Waals surface area contributed by atoms with E-state index >= 15 is 0 Å². The second-order valence-corrected chi connectivity index (χ2v) is 3.92. The van der Waals surface area contributed by atoms with Gasteiger partial charge < -0.3 is 10.0 Å². The minimum absolute atomic E-state index is 0.218. The van der Waals surface area contributed by atoms with Crippen LogP contribution >= 0.6 is 0 Å². The molecule has 0 amide bonds. The van der Waals surface area contributed by atoms with Gasteiger partial charge in [0.25, 0.3) is 0 Å². The summed E-state index contributed by atoms with van der Waals surface area (Å²) in [6, 6.07) is 3.98. The number of aliphatic hydroxyl groups excluding tert-OH is 1. The zero-order valence-corrected chi connectivity index (χ0v) is 9.76. The van der Waals surface area contributed by atoms with E-state index in [-0.39, 0.29) is 5.69 Å².